The minimum atomic E-state index is -0.577. The third kappa shape index (κ3) is 2.53. The third-order valence-corrected chi connectivity index (χ3v) is 3.90. The van der Waals surface area contributed by atoms with Gasteiger partial charge in [-0.25, -0.2) is 4.79 Å². The summed E-state index contributed by atoms with van der Waals surface area (Å²) in [5, 5.41) is 8.27. The van der Waals surface area contributed by atoms with Gasteiger partial charge < -0.3 is 10.6 Å². The zero-order valence-corrected chi connectivity index (χ0v) is 12.1. The topological polar surface area (TPSA) is 73.4 Å². The fourth-order valence-electron chi connectivity index (χ4n) is 2.86. The van der Waals surface area contributed by atoms with E-state index in [0.717, 1.165) is 11.1 Å². The lowest BCUT2D eigenvalue weighted by Gasteiger charge is -2.30. The predicted molar refractivity (Wildman–Crippen MR) is 85.4 cm³/mol. The van der Waals surface area contributed by atoms with Crippen LogP contribution in [0.25, 0.3) is 0 Å². The molecule has 3 rings (SSSR count). The van der Waals surface area contributed by atoms with Gasteiger partial charge in [0.1, 0.15) is 0 Å². The highest BCUT2D eigenvalue weighted by atomic mass is 16.2. The van der Waals surface area contributed by atoms with Gasteiger partial charge in [0.05, 0.1) is 6.04 Å². The molecule has 2 aromatic rings. The summed E-state index contributed by atoms with van der Waals surface area (Å²) in [6.07, 6.45) is 0. The summed E-state index contributed by atoms with van der Waals surface area (Å²) >= 11 is 0. The van der Waals surface area contributed by atoms with E-state index in [1.807, 2.05) is 65.6 Å². The number of nitrogens with one attached hydrogen (secondary N) is 1. The van der Waals surface area contributed by atoms with Gasteiger partial charge in [-0.05, 0) is 11.1 Å². The zero-order valence-electron chi connectivity index (χ0n) is 12.1. The molecule has 3 N–H and O–H groups in total. The van der Waals surface area contributed by atoms with Gasteiger partial charge in [0.15, 0.2) is 0 Å². The van der Waals surface area contributed by atoms with Crippen molar-refractivity contribution in [1.82, 2.24) is 9.80 Å². The number of carbonyl (C=O) groups excluding carboxylic acids is 1. The first-order valence-electron chi connectivity index (χ1n) is 7.20. The van der Waals surface area contributed by atoms with Gasteiger partial charge in [-0.2, -0.15) is 0 Å². The molecular formula is C17H18N4O. The van der Waals surface area contributed by atoms with E-state index < -0.39 is 6.03 Å². The second-order valence-electron chi connectivity index (χ2n) is 5.23. The maximum Gasteiger partial charge on any atom is 0.321 e. The fourth-order valence-corrected chi connectivity index (χ4v) is 2.86. The van der Waals surface area contributed by atoms with Crippen molar-refractivity contribution in [3.05, 3.63) is 71.8 Å². The third-order valence-electron chi connectivity index (χ3n) is 3.90. The molecule has 0 aliphatic carbocycles. The number of hydrogen-bond donors (Lipinski definition) is 2. The van der Waals surface area contributed by atoms with Crippen LogP contribution in [0.5, 0.6) is 0 Å². The number of urea groups is 1. The van der Waals surface area contributed by atoms with Crippen LogP contribution < -0.4 is 5.73 Å². The monoisotopic (exact) mass is 294 g/mol. The van der Waals surface area contributed by atoms with Gasteiger partial charge in [0.2, 0.25) is 5.96 Å². The summed E-state index contributed by atoms with van der Waals surface area (Å²) in [7, 11) is 0. The predicted octanol–water partition coefficient (Wildman–Crippen LogP) is 2.41. The van der Waals surface area contributed by atoms with Crippen molar-refractivity contribution in [1.29, 1.82) is 5.41 Å². The Labute approximate surface area is 129 Å². The molecule has 2 aromatic carbocycles. The summed E-state index contributed by atoms with van der Waals surface area (Å²) < 4.78 is 0. The molecule has 22 heavy (non-hydrogen) atoms. The summed E-state index contributed by atoms with van der Waals surface area (Å²) in [4.78, 5) is 14.7. The van der Waals surface area contributed by atoms with Crippen molar-refractivity contribution in [3.8, 4) is 0 Å². The van der Waals surface area contributed by atoms with E-state index in [1.54, 1.807) is 0 Å². The number of carbonyl (C=O) groups is 1. The molecule has 1 aliphatic heterocycles. The van der Waals surface area contributed by atoms with Crippen LogP contribution in [-0.4, -0.2) is 34.9 Å². The van der Waals surface area contributed by atoms with Crippen molar-refractivity contribution in [2.45, 2.75) is 6.04 Å². The minimum Gasteiger partial charge on any atom is -0.351 e. The van der Waals surface area contributed by atoms with Crippen LogP contribution in [0.1, 0.15) is 17.2 Å². The first-order valence-corrected chi connectivity index (χ1v) is 7.20. The Bertz CT molecular complexity index is 632. The van der Waals surface area contributed by atoms with Crippen molar-refractivity contribution >= 4 is 12.0 Å². The van der Waals surface area contributed by atoms with Crippen LogP contribution in [0.3, 0.4) is 0 Å². The molecule has 2 amide bonds. The highest BCUT2D eigenvalue weighted by molar-refractivity contribution is 5.95. The van der Waals surface area contributed by atoms with Crippen LogP contribution in [0, 0.1) is 5.41 Å². The molecule has 0 saturated carbocycles. The molecule has 5 heteroatoms. The number of nitrogens with zero attached hydrogens (tertiary/aromatic N) is 2. The Morgan fingerprint density at radius 3 is 1.86 bits per heavy atom. The summed E-state index contributed by atoms with van der Waals surface area (Å²) in [5.41, 5.74) is 7.52. The van der Waals surface area contributed by atoms with E-state index in [-0.39, 0.29) is 12.0 Å². The summed E-state index contributed by atoms with van der Waals surface area (Å²) in [6.45, 7) is 1.04. The van der Waals surface area contributed by atoms with Crippen molar-refractivity contribution in [2.24, 2.45) is 5.73 Å². The van der Waals surface area contributed by atoms with E-state index in [0.29, 0.717) is 13.1 Å². The Balaban J connectivity index is 2.00. The van der Waals surface area contributed by atoms with E-state index in [4.69, 9.17) is 11.1 Å². The molecule has 0 unspecified atom stereocenters. The Hall–Kier alpha value is -2.82. The molecule has 1 aliphatic rings. The molecule has 5 nitrogen and oxygen atoms in total. The Morgan fingerprint density at radius 2 is 1.45 bits per heavy atom. The van der Waals surface area contributed by atoms with Gasteiger partial charge >= 0.3 is 6.03 Å². The van der Waals surface area contributed by atoms with Crippen LogP contribution in [0.15, 0.2) is 60.7 Å². The van der Waals surface area contributed by atoms with Gasteiger partial charge in [-0.15, -0.1) is 0 Å². The van der Waals surface area contributed by atoms with Crippen LogP contribution >= 0.6 is 0 Å². The average molecular weight is 294 g/mol. The molecular weight excluding hydrogens is 276 g/mol. The first kappa shape index (κ1) is 14.1. The largest absolute Gasteiger partial charge is 0.351 e. The lowest BCUT2D eigenvalue weighted by Crippen LogP contribution is -2.41. The van der Waals surface area contributed by atoms with Gasteiger partial charge in [-0.3, -0.25) is 10.3 Å². The normalized spacial score (nSPS) is 14.7. The second-order valence-corrected chi connectivity index (χ2v) is 5.23. The molecule has 1 heterocycles. The number of amides is 2. The second kappa shape index (κ2) is 5.89. The molecule has 0 aromatic heterocycles. The number of hydrogen-bond acceptors (Lipinski definition) is 2. The van der Waals surface area contributed by atoms with Crippen molar-refractivity contribution < 1.29 is 4.79 Å². The minimum absolute atomic E-state index is 0.0979. The molecule has 0 radical (unpaired) electrons. The number of benzene rings is 2. The van der Waals surface area contributed by atoms with Crippen LogP contribution in [-0.2, 0) is 0 Å². The van der Waals surface area contributed by atoms with Crippen LogP contribution in [0.4, 0.5) is 4.79 Å². The van der Waals surface area contributed by atoms with Gasteiger partial charge in [-0.1, -0.05) is 60.7 Å². The molecule has 112 valence electrons. The average Bonchev–Trinajstić information content (AvgIpc) is 2.92. The van der Waals surface area contributed by atoms with Crippen molar-refractivity contribution in [2.75, 3.05) is 13.1 Å². The first-order chi connectivity index (χ1) is 10.7. The Kier molecular flexibility index (Phi) is 3.78. The highest BCUT2D eigenvalue weighted by Gasteiger charge is 2.34. The van der Waals surface area contributed by atoms with E-state index in [2.05, 4.69) is 0 Å². The fraction of sp³-hybridized carbons (Fsp3) is 0.176. The van der Waals surface area contributed by atoms with E-state index >= 15 is 0 Å². The lowest BCUT2D eigenvalue weighted by atomic mass is 9.97. The lowest BCUT2D eigenvalue weighted by molar-refractivity contribution is 0.232. The summed E-state index contributed by atoms with van der Waals surface area (Å²) in [6, 6.07) is 19.4. The molecule has 0 atom stereocenters. The summed E-state index contributed by atoms with van der Waals surface area (Å²) in [5.74, 6) is 0.158. The SMILES string of the molecule is N=C1N(C(N)=O)CCN1C(c1ccccc1)c1ccccc1. The van der Waals surface area contributed by atoms with Crippen molar-refractivity contribution in [3.63, 3.8) is 0 Å². The number of nitrogens with two attached hydrogens (primary N) is 1. The molecule has 1 saturated heterocycles. The quantitative estimate of drug-likeness (QED) is 0.912. The highest BCUT2D eigenvalue weighted by Crippen LogP contribution is 2.31. The number of guanidine groups is 1. The van der Waals surface area contributed by atoms with E-state index in [9.17, 15) is 4.79 Å². The number of primary amides is 1. The van der Waals surface area contributed by atoms with E-state index in [1.165, 1.54) is 4.90 Å². The van der Waals surface area contributed by atoms with Crippen LogP contribution in [0.2, 0.25) is 0 Å². The maximum atomic E-state index is 11.4. The van der Waals surface area contributed by atoms with Gasteiger partial charge in [0.25, 0.3) is 0 Å². The van der Waals surface area contributed by atoms with Gasteiger partial charge in [0, 0.05) is 13.1 Å². The molecule has 0 spiro atoms. The number of rotatable bonds is 3. The zero-order chi connectivity index (χ0) is 15.5. The molecule has 1 fully saturated rings. The smallest absolute Gasteiger partial charge is 0.321 e. The standard InChI is InChI=1S/C17H18N4O/c18-16-20(11-12-21(16)17(19)22)15(13-7-3-1-4-8-13)14-9-5-2-6-10-14/h1-10,15,18H,11-12H2,(H2,19,22). The Morgan fingerprint density at radius 1 is 0.955 bits per heavy atom. The maximum absolute atomic E-state index is 11.4. The molecule has 0 bridgehead atoms.